The molecule has 0 saturated carbocycles. The maximum absolute atomic E-state index is 11.8. The molecule has 0 unspecified atom stereocenters. The highest BCUT2D eigenvalue weighted by atomic mass is 16.6. The van der Waals surface area contributed by atoms with Crippen molar-refractivity contribution < 1.29 is 4.92 Å². The zero-order chi connectivity index (χ0) is 20.1. The first-order valence-corrected chi connectivity index (χ1v) is 8.79. The van der Waals surface area contributed by atoms with Crippen LogP contribution in [0.25, 0.3) is 0 Å². The average molecular weight is 378 g/mol. The molecule has 1 aromatic heterocycles. The van der Waals surface area contributed by atoms with Crippen LogP contribution in [0, 0.1) is 10.1 Å². The molecule has 8 nitrogen and oxygen atoms in total. The number of hydrogen-bond acceptors (Lipinski definition) is 7. The first kappa shape index (κ1) is 19.1. The Kier molecular flexibility index (Phi) is 5.39. The second-order valence-electron chi connectivity index (χ2n) is 7.17. The number of hydrazine groups is 1. The van der Waals surface area contributed by atoms with Crippen molar-refractivity contribution in [3.63, 3.8) is 0 Å². The van der Waals surface area contributed by atoms with E-state index in [2.05, 4.69) is 20.7 Å². The molecular weight excluding hydrogens is 356 g/mol. The van der Waals surface area contributed by atoms with E-state index in [4.69, 9.17) is 0 Å². The van der Waals surface area contributed by atoms with Crippen LogP contribution in [0.5, 0.6) is 0 Å². The zero-order valence-corrected chi connectivity index (χ0v) is 16.0. The third kappa shape index (κ3) is 4.53. The predicted octanol–water partition coefficient (Wildman–Crippen LogP) is 4.76. The molecule has 144 valence electrons. The summed E-state index contributed by atoms with van der Waals surface area (Å²) in [5.41, 5.74) is 4.10. The number of nitrogens with zero attached hydrogens (tertiary/aromatic N) is 4. The van der Waals surface area contributed by atoms with Crippen molar-refractivity contribution in [2.45, 2.75) is 26.3 Å². The summed E-state index contributed by atoms with van der Waals surface area (Å²) in [6.45, 7) is 5.73. The van der Waals surface area contributed by atoms with Crippen LogP contribution in [-0.2, 0) is 0 Å². The molecule has 0 spiro atoms. The summed E-state index contributed by atoms with van der Waals surface area (Å²) >= 11 is 0. The molecule has 1 heterocycles. The van der Waals surface area contributed by atoms with Gasteiger partial charge in [-0.3, -0.25) is 20.5 Å². The quantitative estimate of drug-likeness (QED) is 0.471. The van der Waals surface area contributed by atoms with Gasteiger partial charge in [0.25, 0.3) is 0 Å². The second kappa shape index (κ2) is 7.91. The van der Waals surface area contributed by atoms with Crippen LogP contribution < -0.4 is 15.8 Å². The molecule has 0 aliphatic heterocycles. The Hall–Kier alpha value is -3.68. The molecule has 0 radical (unpaired) electrons. The average Bonchev–Trinajstić information content (AvgIpc) is 2.66. The molecule has 0 bridgehead atoms. The van der Waals surface area contributed by atoms with Crippen LogP contribution in [0.3, 0.4) is 0 Å². The largest absolute Gasteiger partial charge is 0.360 e. The number of para-hydroxylation sites is 2. The summed E-state index contributed by atoms with van der Waals surface area (Å²) in [5, 5.41) is 16.6. The van der Waals surface area contributed by atoms with Crippen LogP contribution in [0.4, 0.5) is 28.7 Å². The van der Waals surface area contributed by atoms with Crippen molar-refractivity contribution in [1.29, 1.82) is 0 Å². The standard InChI is InChI=1S/C20H22N6O2/c1-20(2,3)23-18-17(26(27)28)19(22-14-21-18)24-25(15-10-6-4-7-11-15)16-12-8-5-9-13-16/h4-14H,1-3H3,(H2,21,22,23,24). The van der Waals surface area contributed by atoms with Gasteiger partial charge in [0, 0.05) is 5.54 Å². The van der Waals surface area contributed by atoms with Crippen molar-refractivity contribution in [3.8, 4) is 0 Å². The van der Waals surface area contributed by atoms with Gasteiger partial charge in [-0.15, -0.1) is 0 Å². The Labute approximate surface area is 163 Å². The summed E-state index contributed by atoms with van der Waals surface area (Å²) in [6.07, 6.45) is 1.30. The minimum absolute atomic E-state index is 0.0967. The highest BCUT2D eigenvalue weighted by Gasteiger charge is 2.27. The van der Waals surface area contributed by atoms with Gasteiger partial charge in [0.05, 0.1) is 16.3 Å². The number of benzene rings is 2. The monoisotopic (exact) mass is 378 g/mol. The van der Waals surface area contributed by atoms with Crippen molar-refractivity contribution in [3.05, 3.63) is 77.1 Å². The molecule has 0 amide bonds. The first-order valence-electron chi connectivity index (χ1n) is 8.79. The van der Waals surface area contributed by atoms with Crippen LogP contribution in [0.1, 0.15) is 20.8 Å². The predicted molar refractivity (Wildman–Crippen MR) is 111 cm³/mol. The van der Waals surface area contributed by atoms with E-state index in [-0.39, 0.29) is 17.3 Å². The molecule has 2 N–H and O–H groups in total. The van der Waals surface area contributed by atoms with Gasteiger partial charge in [-0.25, -0.2) is 9.97 Å². The second-order valence-corrected chi connectivity index (χ2v) is 7.17. The lowest BCUT2D eigenvalue weighted by molar-refractivity contribution is -0.383. The fourth-order valence-corrected chi connectivity index (χ4v) is 2.62. The molecule has 0 atom stereocenters. The minimum atomic E-state index is -0.482. The first-order chi connectivity index (χ1) is 13.3. The molecule has 0 aliphatic carbocycles. The van der Waals surface area contributed by atoms with Crippen LogP contribution in [0.2, 0.25) is 0 Å². The molecule has 0 fully saturated rings. The normalized spacial score (nSPS) is 11.0. The van der Waals surface area contributed by atoms with Gasteiger partial charge in [0.15, 0.2) is 0 Å². The number of rotatable bonds is 6. The van der Waals surface area contributed by atoms with Crippen LogP contribution in [0.15, 0.2) is 67.0 Å². The van der Waals surface area contributed by atoms with E-state index < -0.39 is 10.5 Å². The number of nitro groups is 1. The van der Waals surface area contributed by atoms with E-state index in [1.165, 1.54) is 6.33 Å². The van der Waals surface area contributed by atoms with E-state index in [9.17, 15) is 10.1 Å². The lowest BCUT2D eigenvalue weighted by Gasteiger charge is -2.26. The number of hydrogen-bond donors (Lipinski definition) is 2. The third-order valence-electron chi connectivity index (χ3n) is 3.74. The molecular formula is C20H22N6O2. The summed E-state index contributed by atoms with van der Waals surface area (Å²) in [5.74, 6) is 0.260. The number of aromatic nitrogens is 2. The van der Waals surface area contributed by atoms with Crippen LogP contribution >= 0.6 is 0 Å². The Bertz CT molecular complexity index is 902. The summed E-state index contributed by atoms with van der Waals surface area (Å²) in [4.78, 5) is 19.5. The van der Waals surface area contributed by atoms with Gasteiger partial charge in [-0.05, 0) is 45.0 Å². The Morgan fingerprint density at radius 2 is 1.39 bits per heavy atom. The highest BCUT2D eigenvalue weighted by Crippen LogP contribution is 2.33. The van der Waals surface area contributed by atoms with E-state index in [0.717, 1.165) is 11.4 Å². The van der Waals surface area contributed by atoms with E-state index >= 15 is 0 Å². The van der Waals surface area contributed by atoms with E-state index in [1.807, 2.05) is 81.4 Å². The number of anilines is 4. The van der Waals surface area contributed by atoms with Gasteiger partial charge in [-0.1, -0.05) is 36.4 Å². The van der Waals surface area contributed by atoms with Crippen LogP contribution in [-0.4, -0.2) is 20.4 Å². The van der Waals surface area contributed by atoms with Crippen molar-refractivity contribution in [2.75, 3.05) is 15.8 Å². The molecule has 3 rings (SSSR count). The topological polar surface area (TPSA) is 96.2 Å². The fourth-order valence-electron chi connectivity index (χ4n) is 2.62. The molecule has 0 saturated heterocycles. The van der Waals surface area contributed by atoms with Crippen molar-refractivity contribution in [2.24, 2.45) is 0 Å². The molecule has 2 aromatic carbocycles. The number of nitrogens with one attached hydrogen (secondary N) is 2. The maximum Gasteiger partial charge on any atom is 0.354 e. The minimum Gasteiger partial charge on any atom is -0.360 e. The summed E-state index contributed by atoms with van der Waals surface area (Å²) in [6, 6.07) is 19.0. The third-order valence-corrected chi connectivity index (χ3v) is 3.74. The molecule has 3 aromatic rings. The molecule has 0 aliphatic rings. The fraction of sp³-hybridized carbons (Fsp3) is 0.200. The van der Waals surface area contributed by atoms with E-state index in [1.54, 1.807) is 5.01 Å². The van der Waals surface area contributed by atoms with Gasteiger partial charge < -0.3 is 5.32 Å². The lowest BCUT2D eigenvalue weighted by atomic mass is 10.1. The smallest absolute Gasteiger partial charge is 0.354 e. The molecule has 28 heavy (non-hydrogen) atoms. The lowest BCUT2D eigenvalue weighted by Crippen LogP contribution is -2.29. The SMILES string of the molecule is CC(C)(C)Nc1ncnc(NN(c2ccccc2)c2ccccc2)c1[N+](=O)[O-]. The van der Waals surface area contributed by atoms with Gasteiger partial charge in [-0.2, -0.15) is 0 Å². The van der Waals surface area contributed by atoms with Gasteiger partial charge >= 0.3 is 5.69 Å². The van der Waals surface area contributed by atoms with Crippen molar-refractivity contribution >= 4 is 28.7 Å². The Balaban J connectivity index is 2.06. The highest BCUT2D eigenvalue weighted by molar-refractivity contribution is 5.75. The molecule has 8 heteroatoms. The van der Waals surface area contributed by atoms with Gasteiger partial charge in [0.1, 0.15) is 6.33 Å². The zero-order valence-electron chi connectivity index (χ0n) is 16.0. The maximum atomic E-state index is 11.8. The summed E-state index contributed by atoms with van der Waals surface area (Å²) < 4.78 is 0. The summed E-state index contributed by atoms with van der Waals surface area (Å²) in [7, 11) is 0. The Morgan fingerprint density at radius 1 is 0.893 bits per heavy atom. The van der Waals surface area contributed by atoms with Gasteiger partial charge in [0.2, 0.25) is 11.6 Å². The Morgan fingerprint density at radius 3 is 1.86 bits per heavy atom. The van der Waals surface area contributed by atoms with Crippen molar-refractivity contribution in [1.82, 2.24) is 9.97 Å². The van der Waals surface area contributed by atoms with E-state index in [0.29, 0.717) is 0 Å².